The molecule has 1 aliphatic heterocycles. The third-order valence-corrected chi connectivity index (χ3v) is 6.32. The lowest BCUT2D eigenvalue weighted by Gasteiger charge is -2.15. The normalized spacial score (nSPS) is 15.0. The number of benzene rings is 2. The average Bonchev–Trinajstić information content (AvgIpc) is 2.97. The maximum atomic E-state index is 12.2. The fourth-order valence-electron chi connectivity index (χ4n) is 2.75. The van der Waals surface area contributed by atoms with E-state index >= 15 is 0 Å². The Bertz CT molecular complexity index is 1010. The highest BCUT2D eigenvalue weighted by molar-refractivity contribution is 8.26. The molecular formula is C22H21Cl2NO4S2. The monoisotopic (exact) mass is 497 g/mol. The number of carbonyl (C=O) groups is 1. The standard InChI is InChI=1S/C22H21Cl2NO4S2/c1-3-27-18-12-14(13-19-21(26)25(2)22(30)31-19)11-16(24)20(18)29-10-6-9-28-17-8-5-4-7-15(17)23/h4-5,7-8,11-13H,3,6,9-10H2,1-2H3/b19-13+. The molecule has 9 heteroatoms. The van der Waals surface area contributed by atoms with Crippen molar-refractivity contribution in [1.29, 1.82) is 0 Å². The van der Waals surface area contributed by atoms with Crippen molar-refractivity contribution in [3.05, 3.63) is 56.9 Å². The molecule has 31 heavy (non-hydrogen) atoms. The molecule has 1 amide bonds. The number of carbonyl (C=O) groups excluding carboxylic acids is 1. The number of hydrogen-bond acceptors (Lipinski definition) is 6. The van der Waals surface area contributed by atoms with Gasteiger partial charge < -0.3 is 14.2 Å². The Labute approximate surface area is 201 Å². The van der Waals surface area contributed by atoms with E-state index in [1.54, 1.807) is 31.3 Å². The van der Waals surface area contributed by atoms with E-state index in [2.05, 4.69) is 0 Å². The summed E-state index contributed by atoms with van der Waals surface area (Å²) in [5, 5.41) is 0.969. The number of thioether (sulfide) groups is 1. The molecule has 3 rings (SSSR count). The summed E-state index contributed by atoms with van der Waals surface area (Å²) < 4.78 is 17.8. The molecule has 0 saturated carbocycles. The molecule has 2 aromatic rings. The number of nitrogens with zero attached hydrogens (tertiary/aromatic N) is 1. The minimum Gasteiger partial charge on any atom is -0.492 e. The van der Waals surface area contributed by atoms with Crippen molar-refractivity contribution in [2.24, 2.45) is 0 Å². The first-order chi connectivity index (χ1) is 14.9. The minimum absolute atomic E-state index is 0.136. The van der Waals surface area contributed by atoms with Gasteiger partial charge in [0, 0.05) is 13.5 Å². The van der Waals surface area contributed by atoms with Crippen molar-refractivity contribution < 1.29 is 19.0 Å². The summed E-state index contributed by atoms with van der Waals surface area (Å²) in [5.74, 6) is 1.48. The lowest BCUT2D eigenvalue weighted by molar-refractivity contribution is -0.121. The molecule has 0 unspecified atom stereocenters. The molecule has 0 atom stereocenters. The zero-order valence-corrected chi connectivity index (χ0v) is 20.2. The van der Waals surface area contributed by atoms with E-state index in [9.17, 15) is 4.79 Å². The van der Waals surface area contributed by atoms with Gasteiger partial charge in [-0.05, 0) is 42.8 Å². The van der Waals surface area contributed by atoms with Gasteiger partial charge in [0.2, 0.25) is 0 Å². The zero-order chi connectivity index (χ0) is 22.4. The van der Waals surface area contributed by atoms with Crippen LogP contribution in [0.1, 0.15) is 18.9 Å². The molecule has 1 saturated heterocycles. The summed E-state index contributed by atoms with van der Waals surface area (Å²) >= 11 is 19.0. The summed E-state index contributed by atoms with van der Waals surface area (Å²) in [6.45, 7) is 3.16. The minimum atomic E-state index is -0.136. The van der Waals surface area contributed by atoms with E-state index in [4.69, 9.17) is 49.6 Å². The van der Waals surface area contributed by atoms with E-state index in [1.807, 2.05) is 25.1 Å². The molecular weight excluding hydrogens is 477 g/mol. The first kappa shape index (κ1) is 23.7. The summed E-state index contributed by atoms with van der Waals surface area (Å²) in [6, 6.07) is 10.9. The molecule has 164 valence electrons. The van der Waals surface area contributed by atoms with Crippen LogP contribution in [0.3, 0.4) is 0 Å². The van der Waals surface area contributed by atoms with Crippen molar-refractivity contribution >= 4 is 63.5 Å². The predicted octanol–water partition coefficient (Wildman–Crippen LogP) is 6.07. The second-order valence-corrected chi connectivity index (χ2v) is 8.97. The highest BCUT2D eigenvalue weighted by atomic mass is 35.5. The van der Waals surface area contributed by atoms with Gasteiger partial charge in [-0.25, -0.2) is 0 Å². The largest absolute Gasteiger partial charge is 0.492 e. The number of ether oxygens (including phenoxy) is 3. The van der Waals surface area contributed by atoms with Crippen LogP contribution < -0.4 is 14.2 Å². The Morgan fingerprint density at radius 1 is 1.06 bits per heavy atom. The highest BCUT2D eigenvalue weighted by Crippen LogP contribution is 2.39. The fraction of sp³-hybridized carbons (Fsp3) is 0.273. The molecule has 5 nitrogen and oxygen atoms in total. The summed E-state index contributed by atoms with van der Waals surface area (Å²) in [5.41, 5.74) is 0.733. The van der Waals surface area contributed by atoms with Gasteiger partial charge in [0.1, 0.15) is 10.1 Å². The van der Waals surface area contributed by atoms with E-state index < -0.39 is 0 Å². The fourth-order valence-corrected chi connectivity index (χ4v) is 4.39. The van der Waals surface area contributed by atoms with Crippen LogP contribution in [-0.4, -0.2) is 42.0 Å². The molecule has 0 N–H and O–H groups in total. The lowest BCUT2D eigenvalue weighted by atomic mass is 10.1. The van der Waals surface area contributed by atoms with Crippen LogP contribution >= 0.6 is 47.2 Å². The topological polar surface area (TPSA) is 48.0 Å². The second kappa shape index (κ2) is 11.1. The van der Waals surface area contributed by atoms with Gasteiger partial charge in [0.05, 0.1) is 34.8 Å². The van der Waals surface area contributed by atoms with Crippen LogP contribution in [0.15, 0.2) is 41.3 Å². The summed E-state index contributed by atoms with van der Waals surface area (Å²) in [6.07, 6.45) is 2.38. The first-order valence-corrected chi connectivity index (χ1v) is 11.6. The SMILES string of the molecule is CCOc1cc(/C=C2/SC(=S)N(C)C2=O)cc(Cl)c1OCCCOc1ccccc1Cl. The number of thiocarbonyl (C=S) groups is 1. The molecule has 2 aromatic carbocycles. The molecule has 0 aliphatic carbocycles. The predicted molar refractivity (Wildman–Crippen MR) is 131 cm³/mol. The molecule has 0 radical (unpaired) electrons. The summed E-state index contributed by atoms with van der Waals surface area (Å²) in [7, 11) is 1.66. The number of hydrogen-bond donors (Lipinski definition) is 0. The van der Waals surface area contributed by atoms with Crippen LogP contribution in [0.25, 0.3) is 6.08 Å². The molecule has 1 heterocycles. The Balaban J connectivity index is 1.66. The van der Waals surface area contributed by atoms with Crippen LogP contribution in [0.5, 0.6) is 17.2 Å². The molecule has 1 aliphatic rings. The van der Waals surface area contributed by atoms with Crippen molar-refractivity contribution in [3.63, 3.8) is 0 Å². The average molecular weight is 498 g/mol. The third kappa shape index (κ3) is 6.07. The van der Waals surface area contributed by atoms with Gasteiger partial charge in [-0.15, -0.1) is 0 Å². The van der Waals surface area contributed by atoms with Crippen LogP contribution in [0.2, 0.25) is 10.0 Å². The van der Waals surface area contributed by atoms with E-state index in [0.717, 1.165) is 5.56 Å². The molecule has 1 fully saturated rings. The molecule has 0 spiro atoms. The maximum absolute atomic E-state index is 12.2. The Morgan fingerprint density at radius 2 is 1.81 bits per heavy atom. The second-order valence-electron chi connectivity index (χ2n) is 6.48. The number of likely N-dealkylation sites (N-methyl/N-ethyl adjacent to an activating group) is 1. The van der Waals surface area contributed by atoms with E-state index in [0.29, 0.717) is 62.8 Å². The molecule has 0 aromatic heterocycles. The van der Waals surface area contributed by atoms with Gasteiger partial charge in [0.25, 0.3) is 5.91 Å². The summed E-state index contributed by atoms with van der Waals surface area (Å²) in [4.78, 5) is 14.2. The number of amides is 1. The van der Waals surface area contributed by atoms with Crippen molar-refractivity contribution in [2.45, 2.75) is 13.3 Å². The Hall–Kier alpha value is -1.93. The maximum Gasteiger partial charge on any atom is 0.265 e. The highest BCUT2D eigenvalue weighted by Gasteiger charge is 2.28. The van der Waals surface area contributed by atoms with E-state index in [1.165, 1.54) is 16.7 Å². The van der Waals surface area contributed by atoms with Crippen molar-refractivity contribution in [2.75, 3.05) is 26.9 Å². The van der Waals surface area contributed by atoms with Gasteiger partial charge in [-0.1, -0.05) is 59.3 Å². The van der Waals surface area contributed by atoms with Crippen LogP contribution in [-0.2, 0) is 4.79 Å². The van der Waals surface area contributed by atoms with Gasteiger partial charge in [-0.2, -0.15) is 0 Å². The van der Waals surface area contributed by atoms with Gasteiger partial charge in [-0.3, -0.25) is 9.69 Å². The van der Waals surface area contributed by atoms with Gasteiger partial charge >= 0.3 is 0 Å². The quantitative estimate of drug-likeness (QED) is 0.238. The van der Waals surface area contributed by atoms with Crippen molar-refractivity contribution in [3.8, 4) is 17.2 Å². The number of para-hydroxylation sites is 1. The Morgan fingerprint density at radius 3 is 2.48 bits per heavy atom. The van der Waals surface area contributed by atoms with E-state index in [-0.39, 0.29) is 5.91 Å². The van der Waals surface area contributed by atoms with Crippen LogP contribution in [0, 0.1) is 0 Å². The third-order valence-electron chi connectivity index (χ3n) is 4.25. The lowest BCUT2D eigenvalue weighted by Crippen LogP contribution is -2.22. The smallest absolute Gasteiger partial charge is 0.265 e. The zero-order valence-electron chi connectivity index (χ0n) is 17.0. The first-order valence-electron chi connectivity index (χ1n) is 9.58. The molecule has 0 bridgehead atoms. The number of halogens is 2. The van der Waals surface area contributed by atoms with Crippen LogP contribution in [0.4, 0.5) is 0 Å². The number of rotatable bonds is 9. The van der Waals surface area contributed by atoms with Crippen molar-refractivity contribution in [1.82, 2.24) is 4.90 Å². The van der Waals surface area contributed by atoms with Gasteiger partial charge in [0.15, 0.2) is 11.5 Å². The Kier molecular flexibility index (Phi) is 8.49.